The number of Topliss-reactive ketones (excluding diaryl/α,β-unsaturated/α-hetero) is 1. The Morgan fingerprint density at radius 2 is 2.11 bits per heavy atom. The highest BCUT2D eigenvalue weighted by molar-refractivity contribution is 6.52. The van der Waals surface area contributed by atoms with Crippen LogP contribution in [-0.2, 0) is 4.79 Å². The molecule has 1 aromatic rings. The second-order valence-corrected chi connectivity index (χ2v) is 4.38. The van der Waals surface area contributed by atoms with Crippen molar-refractivity contribution < 1.29 is 19.6 Å². The molecule has 0 aromatic heterocycles. The number of hydrogen-bond acceptors (Lipinski definition) is 5. The number of non-ortho nitro benzene ring substituents is 1. The Labute approximate surface area is 108 Å². The smallest absolute Gasteiger partial charge is 0.299 e. The molecule has 0 fully saturated rings. The lowest BCUT2D eigenvalue weighted by Gasteiger charge is -2.17. The van der Waals surface area contributed by atoms with Crippen molar-refractivity contribution in [2.45, 2.75) is 19.4 Å². The highest BCUT2D eigenvalue weighted by atomic mass is 16.6. The number of rotatable bonds is 4. The lowest BCUT2D eigenvalue weighted by Crippen LogP contribution is -2.32. The fraction of sp³-hybridized carbons (Fsp3) is 0.333. The van der Waals surface area contributed by atoms with Crippen LogP contribution in [0.3, 0.4) is 0 Å². The van der Waals surface area contributed by atoms with Crippen LogP contribution in [0.4, 0.5) is 11.4 Å². The molecule has 1 unspecified atom stereocenters. The topological polar surface area (TPSA) is 101 Å². The number of nitrogens with zero attached hydrogens (tertiary/aromatic N) is 2. The van der Waals surface area contributed by atoms with Crippen molar-refractivity contribution in [1.29, 1.82) is 0 Å². The van der Waals surface area contributed by atoms with Gasteiger partial charge in [-0.3, -0.25) is 19.7 Å². The number of aliphatic hydroxyl groups excluding tert-OH is 1. The van der Waals surface area contributed by atoms with E-state index >= 15 is 0 Å². The van der Waals surface area contributed by atoms with E-state index in [0.29, 0.717) is 12.1 Å². The number of carbonyl (C=O) groups excluding carboxylic acids is 2. The zero-order valence-electron chi connectivity index (χ0n) is 10.2. The first kappa shape index (κ1) is 13.2. The predicted molar refractivity (Wildman–Crippen MR) is 66.1 cm³/mol. The third-order valence-corrected chi connectivity index (χ3v) is 2.94. The van der Waals surface area contributed by atoms with E-state index in [-0.39, 0.29) is 17.8 Å². The minimum absolute atomic E-state index is 0.0461. The Morgan fingerprint density at radius 3 is 2.68 bits per heavy atom. The second kappa shape index (κ2) is 4.77. The minimum atomic E-state index is -0.746. The molecule has 1 aliphatic heterocycles. The summed E-state index contributed by atoms with van der Waals surface area (Å²) in [6, 6.07) is 3.75. The normalized spacial score (nSPS) is 15.6. The molecule has 0 radical (unpaired) electrons. The van der Waals surface area contributed by atoms with Gasteiger partial charge < -0.3 is 10.0 Å². The van der Waals surface area contributed by atoms with E-state index in [1.807, 2.05) is 0 Å². The van der Waals surface area contributed by atoms with Crippen LogP contribution in [-0.4, -0.2) is 34.4 Å². The fourth-order valence-corrected chi connectivity index (χ4v) is 1.94. The lowest BCUT2D eigenvalue weighted by molar-refractivity contribution is -0.384. The summed E-state index contributed by atoms with van der Waals surface area (Å²) in [6.07, 6.45) is -0.264. The number of nitro benzene ring substituents is 1. The molecule has 7 heteroatoms. The van der Waals surface area contributed by atoms with E-state index in [4.69, 9.17) is 0 Å². The maximum absolute atomic E-state index is 11.8. The quantitative estimate of drug-likeness (QED) is 0.494. The third kappa shape index (κ3) is 2.32. The molecule has 0 saturated heterocycles. The van der Waals surface area contributed by atoms with Gasteiger partial charge in [-0.2, -0.15) is 0 Å². The number of nitro groups is 1. The van der Waals surface area contributed by atoms with Crippen LogP contribution in [0.2, 0.25) is 0 Å². The first-order chi connectivity index (χ1) is 8.91. The summed E-state index contributed by atoms with van der Waals surface area (Å²) in [5, 5.41) is 19.9. The average Bonchev–Trinajstić information content (AvgIpc) is 2.59. The van der Waals surface area contributed by atoms with Gasteiger partial charge in [0.05, 0.1) is 22.3 Å². The van der Waals surface area contributed by atoms with Gasteiger partial charge in [0.2, 0.25) is 0 Å². The van der Waals surface area contributed by atoms with E-state index in [1.54, 1.807) is 6.92 Å². The number of fused-ring (bicyclic) bond motifs is 1. The third-order valence-electron chi connectivity index (χ3n) is 2.94. The molecule has 1 aliphatic rings. The zero-order chi connectivity index (χ0) is 14.2. The van der Waals surface area contributed by atoms with E-state index in [2.05, 4.69) is 0 Å². The summed E-state index contributed by atoms with van der Waals surface area (Å²) in [7, 11) is 0. The monoisotopic (exact) mass is 264 g/mol. The predicted octanol–water partition coefficient (Wildman–Crippen LogP) is 0.895. The summed E-state index contributed by atoms with van der Waals surface area (Å²) < 4.78 is 0. The number of amides is 1. The number of benzene rings is 1. The van der Waals surface area contributed by atoms with Gasteiger partial charge in [-0.1, -0.05) is 0 Å². The van der Waals surface area contributed by atoms with E-state index in [9.17, 15) is 24.8 Å². The number of aliphatic hydroxyl groups is 1. The molecule has 0 aliphatic carbocycles. The Bertz CT molecular complexity index is 567. The minimum Gasteiger partial charge on any atom is -0.393 e. The second-order valence-electron chi connectivity index (χ2n) is 4.38. The maximum atomic E-state index is 11.8. The van der Waals surface area contributed by atoms with Crippen molar-refractivity contribution in [1.82, 2.24) is 0 Å². The molecule has 1 N–H and O–H groups in total. The molecule has 7 nitrogen and oxygen atoms in total. The highest BCUT2D eigenvalue weighted by Crippen LogP contribution is 2.32. The van der Waals surface area contributed by atoms with Gasteiger partial charge in [0.15, 0.2) is 0 Å². The highest BCUT2D eigenvalue weighted by Gasteiger charge is 2.36. The Hall–Kier alpha value is -2.28. The molecular weight excluding hydrogens is 252 g/mol. The van der Waals surface area contributed by atoms with Crippen molar-refractivity contribution in [3.05, 3.63) is 33.9 Å². The SMILES string of the molecule is CC(O)CCN1C(=O)C(=O)c2cc([N+](=O)[O-])ccc21. The van der Waals surface area contributed by atoms with Crippen LogP contribution in [0.1, 0.15) is 23.7 Å². The van der Waals surface area contributed by atoms with Gasteiger partial charge in [0, 0.05) is 18.7 Å². The molecule has 0 saturated carbocycles. The van der Waals surface area contributed by atoms with Crippen LogP contribution in [0.15, 0.2) is 18.2 Å². The Morgan fingerprint density at radius 1 is 1.42 bits per heavy atom. The zero-order valence-corrected chi connectivity index (χ0v) is 10.2. The van der Waals surface area contributed by atoms with Crippen molar-refractivity contribution in [3.8, 4) is 0 Å². The molecular formula is C12H12N2O5. The lowest BCUT2D eigenvalue weighted by atomic mass is 10.1. The maximum Gasteiger partial charge on any atom is 0.299 e. The Kier molecular flexibility index (Phi) is 3.30. The van der Waals surface area contributed by atoms with E-state index < -0.39 is 22.7 Å². The number of carbonyl (C=O) groups is 2. The Balaban J connectivity index is 2.36. The molecule has 1 aromatic carbocycles. The summed E-state index contributed by atoms with van der Waals surface area (Å²) in [4.78, 5) is 34.8. The van der Waals surface area contributed by atoms with Crippen LogP contribution < -0.4 is 4.90 Å². The van der Waals surface area contributed by atoms with Gasteiger partial charge in [-0.15, -0.1) is 0 Å². The summed E-state index contributed by atoms with van der Waals surface area (Å²) in [5.74, 6) is -1.46. The number of hydrogen-bond donors (Lipinski definition) is 1. The molecule has 19 heavy (non-hydrogen) atoms. The first-order valence-electron chi connectivity index (χ1n) is 5.74. The average molecular weight is 264 g/mol. The van der Waals surface area contributed by atoms with Gasteiger partial charge in [0.1, 0.15) is 0 Å². The van der Waals surface area contributed by atoms with Gasteiger partial charge >= 0.3 is 0 Å². The molecule has 1 atom stereocenters. The molecule has 0 spiro atoms. The van der Waals surface area contributed by atoms with Gasteiger partial charge in [-0.05, 0) is 19.4 Å². The molecule has 1 heterocycles. The number of anilines is 1. The van der Waals surface area contributed by atoms with Crippen LogP contribution in [0.25, 0.3) is 0 Å². The van der Waals surface area contributed by atoms with E-state index in [1.165, 1.54) is 17.0 Å². The first-order valence-corrected chi connectivity index (χ1v) is 5.74. The van der Waals surface area contributed by atoms with E-state index in [0.717, 1.165) is 6.07 Å². The fourth-order valence-electron chi connectivity index (χ4n) is 1.94. The molecule has 1 amide bonds. The van der Waals surface area contributed by atoms with Crippen LogP contribution >= 0.6 is 0 Å². The van der Waals surface area contributed by atoms with Crippen molar-refractivity contribution in [2.75, 3.05) is 11.4 Å². The van der Waals surface area contributed by atoms with Crippen LogP contribution in [0.5, 0.6) is 0 Å². The summed E-state index contributed by atoms with van der Waals surface area (Å²) in [6.45, 7) is 1.78. The summed E-state index contributed by atoms with van der Waals surface area (Å²) >= 11 is 0. The molecule has 100 valence electrons. The van der Waals surface area contributed by atoms with Crippen molar-refractivity contribution in [2.24, 2.45) is 0 Å². The van der Waals surface area contributed by atoms with Crippen molar-refractivity contribution in [3.63, 3.8) is 0 Å². The number of ketones is 1. The van der Waals surface area contributed by atoms with Gasteiger partial charge in [0.25, 0.3) is 17.4 Å². The molecule has 0 bridgehead atoms. The van der Waals surface area contributed by atoms with Crippen molar-refractivity contribution >= 4 is 23.1 Å². The molecule has 2 rings (SSSR count). The largest absolute Gasteiger partial charge is 0.393 e. The van der Waals surface area contributed by atoms with Crippen LogP contribution in [0, 0.1) is 10.1 Å². The summed E-state index contributed by atoms with van der Waals surface area (Å²) in [5.41, 5.74) is 0.184. The van der Waals surface area contributed by atoms with Gasteiger partial charge in [-0.25, -0.2) is 0 Å². The standard InChI is InChI=1S/C12H12N2O5/c1-7(15)4-5-13-10-3-2-8(14(18)19)6-9(10)11(16)12(13)17/h2-3,6-7,15H,4-5H2,1H3.